The third-order valence-corrected chi connectivity index (χ3v) is 4.14. The molecule has 1 heterocycles. The summed E-state index contributed by atoms with van der Waals surface area (Å²) in [5.74, 6) is -0.495. The Hall–Kier alpha value is -1.96. The number of nitrogens with one attached hydrogen (secondary N) is 1. The van der Waals surface area contributed by atoms with Gasteiger partial charge in [0.1, 0.15) is 5.69 Å². The van der Waals surface area contributed by atoms with Crippen molar-refractivity contribution >= 4 is 35.6 Å². The van der Waals surface area contributed by atoms with Crippen LogP contribution in [0.15, 0.2) is 35.7 Å². The Morgan fingerprint density at radius 3 is 2.67 bits per heavy atom. The van der Waals surface area contributed by atoms with Crippen LogP contribution in [0.5, 0.6) is 0 Å². The molecule has 0 unspecified atom stereocenters. The lowest BCUT2D eigenvalue weighted by Crippen LogP contribution is -2.37. The lowest BCUT2D eigenvalue weighted by Gasteiger charge is -2.17. The molecule has 1 aromatic carbocycles. The first-order valence-corrected chi connectivity index (χ1v) is 8.18. The average Bonchev–Trinajstić information content (AvgIpc) is 3.02. The average molecular weight is 369 g/mol. The molecular formula is C16H21ClN4O2S. The van der Waals surface area contributed by atoms with E-state index in [-0.39, 0.29) is 30.8 Å². The van der Waals surface area contributed by atoms with Crippen molar-refractivity contribution < 1.29 is 9.59 Å². The van der Waals surface area contributed by atoms with Crippen LogP contribution < -0.4 is 11.1 Å². The number of nitrogens with two attached hydrogens (primary N) is 1. The fourth-order valence-corrected chi connectivity index (χ4v) is 2.77. The van der Waals surface area contributed by atoms with E-state index < -0.39 is 0 Å². The zero-order valence-corrected chi connectivity index (χ0v) is 15.0. The summed E-state index contributed by atoms with van der Waals surface area (Å²) in [4.78, 5) is 29.8. The van der Waals surface area contributed by atoms with E-state index in [1.54, 1.807) is 17.3 Å². The lowest BCUT2D eigenvalue weighted by atomic mass is 10.2. The van der Waals surface area contributed by atoms with Crippen molar-refractivity contribution in [2.45, 2.75) is 13.0 Å². The summed E-state index contributed by atoms with van der Waals surface area (Å²) in [6.45, 7) is 0.955. The molecule has 0 aliphatic heterocycles. The van der Waals surface area contributed by atoms with Crippen LogP contribution in [0.3, 0.4) is 0 Å². The van der Waals surface area contributed by atoms with E-state index in [1.165, 1.54) is 11.3 Å². The summed E-state index contributed by atoms with van der Waals surface area (Å²) in [5.41, 5.74) is 6.83. The fourth-order valence-electron chi connectivity index (χ4n) is 1.98. The molecule has 0 radical (unpaired) electrons. The summed E-state index contributed by atoms with van der Waals surface area (Å²) in [5, 5.41) is 5.11. The first-order chi connectivity index (χ1) is 11.1. The van der Waals surface area contributed by atoms with E-state index >= 15 is 0 Å². The molecule has 24 heavy (non-hydrogen) atoms. The van der Waals surface area contributed by atoms with Crippen molar-refractivity contribution in [3.63, 3.8) is 0 Å². The second kappa shape index (κ2) is 10.0. The van der Waals surface area contributed by atoms with Crippen LogP contribution in [-0.2, 0) is 17.8 Å². The summed E-state index contributed by atoms with van der Waals surface area (Å²) in [6, 6.07) is 9.69. The fraction of sp³-hybridized carbons (Fsp3) is 0.312. The number of carbonyl (C=O) groups is 2. The first-order valence-electron chi connectivity index (χ1n) is 7.30. The Morgan fingerprint density at radius 1 is 1.29 bits per heavy atom. The summed E-state index contributed by atoms with van der Waals surface area (Å²) < 4.78 is 0. The number of halogens is 1. The second-order valence-corrected chi connectivity index (χ2v) is 6.03. The Kier molecular flexibility index (Phi) is 8.39. The van der Waals surface area contributed by atoms with Gasteiger partial charge in [0.2, 0.25) is 5.91 Å². The van der Waals surface area contributed by atoms with Gasteiger partial charge < -0.3 is 16.0 Å². The third-order valence-electron chi connectivity index (χ3n) is 3.23. The van der Waals surface area contributed by atoms with Gasteiger partial charge in [-0.25, -0.2) is 4.98 Å². The summed E-state index contributed by atoms with van der Waals surface area (Å²) in [7, 11) is 1.71. The maximum Gasteiger partial charge on any atom is 0.271 e. The smallest absolute Gasteiger partial charge is 0.271 e. The molecule has 0 bridgehead atoms. The molecule has 0 saturated heterocycles. The molecule has 0 spiro atoms. The minimum absolute atomic E-state index is 0. The standard InChI is InChI=1S/C16H20N4O2S.ClH/c1-20(10-12-5-3-2-4-6-12)15(21)9-18-16(22)13-11-23-14(19-13)7-8-17;/h2-6,11H,7-10,17H2,1H3,(H,18,22);1H. The van der Waals surface area contributed by atoms with Gasteiger partial charge in [0.15, 0.2) is 0 Å². The maximum atomic E-state index is 12.1. The molecule has 8 heteroatoms. The molecule has 0 aliphatic rings. The predicted molar refractivity (Wildman–Crippen MR) is 97.4 cm³/mol. The number of aromatic nitrogens is 1. The molecule has 2 aromatic rings. The Bertz CT molecular complexity index is 663. The molecule has 6 nitrogen and oxygen atoms in total. The molecule has 2 rings (SSSR count). The highest BCUT2D eigenvalue weighted by Crippen LogP contribution is 2.09. The molecule has 2 amide bonds. The van der Waals surface area contributed by atoms with Crippen molar-refractivity contribution in [2.75, 3.05) is 20.1 Å². The number of nitrogens with zero attached hydrogens (tertiary/aromatic N) is 2. The van der Waals surface area contributed by atoms with E-state index in [1.807, 2.05) is 30.3 Å². The monoisotopic (exact) mass is 368 g/mol. The molecule has 3 N–H and O–H groups in total. The predicted octanol–water partition coefficient (Wildman–Crippen LogP) is 1.45. The minimum atomic E-state index is -0.342. The number of hydrogen-bond acceptors (Lipinski definition) is 5. The van der Waals surface area contributed by atoms with Crippen LogP contribution in [0.25, 0.3) is 0 Å². The molecule has 0 saturated carbocycles. The lowest BCUT2D eigenvalue weighted by molar-refractivity contribution is -0.129. The molecular weight excluding hydrogens is 348 g/mol. The Morgan fingerprint density at radius 2 is 2.00 bits per heavy atom. The van der Waals surface area contributed by atoms with Gasteiger partial charge >= 0.3 is 0 Å². The quantitative estimate of drug-likeness (QED) is 0.774. The van der Waals surface area contributed by atoms with Gasteiger partial charge in [-0.1, -0.05) is 30.3 Å². The highest BCUT2D eigenvalue weighted by atomic mass is 35.5. The number of hydrogen-bond donors (Lipinski definition) is 2. The zero-order chi connectivity index (χ0) is 16.7. The van der Waals surface area contributed by atoms with Gasteiger partial charge in [0, 0.05) is 25.4 Å². The number of amides is 2. The van der Waals surface area contributed by atoms with Crippen molar-refractivity contribution in [1.82, 2.24) is 15.2 Å². The third kappa shape index (κ3) is 5.92. The number of benzene rings is 1. The van der Waals surface area contributed by atoms with Crippen LogP contribution in [0, 0.1) is 0 Å². The first kappa shape index (κ1) is 20.1. The molecule has 130 valence electrons. The normalized spacial score (nSPS) is 9.92. The Balaban J connectivity index is 0.00000288. The van der Waals surface area contributed by atoms with E-state index in [0.717, 1.165) is 10.6 Å². The van der Waals surface area contributed by atoms with Gasteiger partial charge in [-0.3, -0.25) is 9.59 Å². The van der Waals surface area contributed by atoms with Crippen molar-refractivity contribution in [1.29, 1.82) is 0 Å². The van der Waals surface area contributed by atoms with Crippen LogP contribution in [-0.4, -0.2) is 41.8 Å². The number of rotatable bonds is 7. The number of carbonyl (C=O) groups excluding carboxylic acids is 2. The molecule has 0 fully saturated rings. The van der Waals surface area contributed by atoms with Gasteiger partial charge in [0.25, 0.3) is 5.91 Å². The zero-order valence-electron chi connectivity index (χ0n) is 13.4. The topological polar surface area (TPSA) is 88.3 Å². The van der Waals surface area contributed by atoms with Crippen LogP contribution in [0.4, 0.5) is 0 Å². The molecule has 1 aromatic heterocycles. The highest BCUT2D eigenvalue weighted by Gasteiger charge is 2.14. The van der Waals surface area contributed by atoms with Crippen LogP contribution in [0.2, 0.25) is 0 Å². The number of thiazole rings is 1. The highest BCUT2D eigenvalue weighted by molar-refractivity contribution is 7.09. The van der Waals surface area contributed by atoms with E-state index in [4.69, 9.17) is 5.73 Å². The molecule has 0 atom stereocenters. The van der Waals surface area contributed by atoms with Gasteiger partial charge in [-0.2, -0.15) is 0 Å². The largest absolute Gasteiger partial charge is 0.342 e. The van der Waals surface area contributed by atoms with Crippen molar-refractivity contribution in [3.05, 3.63) is 52.0 Å². The van der Waals surface area contributed by atoms with Gasteiger partial charge in [0.05, 0.1) is 11.6 Å². The Labute approximate surface area is 151 Å². The van der Waals surface area contributed by atoms with Crippen LogP contribution >= 0.6 is 23.7 Å². The maximum absolute atomic E-state index is 12.1. The van der Waals surface area contributed by atoms with E-state index in [9.17, 15) is 9.59 Å². The second-order valence-electron chi connectivity index (χ2n) is 5.08. The molecule has 0 aliphatic carbocycles. The number of likely N-dealkylation sites (N-methyl/N-ethyl adjacent to an activating group) is 1. The minimum Gasteiger partial charge on any atom is -0.342 e. The van der Waals surface area contributed by atoms with Crippen molar-refractivity contribution in [2.24, 2.45) is 5.73 Å². The van der Waals surface area contributed by atoms with Crippen LogP contribution in [0.1, 0.15) is 21.1 Å². The van der Waals surface area contributed by atoms with Gasteiger partial charge in [-0.05, 0) is 12.1 Å². The van der Waals surface area contributed by atoms with E-state index in [2.05, 4.69) is 10.3 Å². The van der Waals surface area contributed by atoms with Crippen molar-refractivity contribution in [3.8, 4) is 0 Å². The van der Waals surface area contributed by atoms with E-state index in [0.29, 0.717) is 25.2 Å². The van der Waals surface area contributed by atoms with Gasteiger partial charge in [-0.15, -0.1) is 23.7 Å². The summed E-state index contributed by atoms with van der Waals surface area (Å²) >= 11 is 1.40. The summed E-state index contributed by atoms with van der Waals surface area (Å²) in [6.07, 6.45) is 0.649. The SMILES string of the molecule is CN(Cc1ccccc1)C(=O)CNC(=O)c1csc(CCN)n1.Cl.